The molecule has 0 aromatic rings. The molecule has 0 aromatic carbocycles. The number of aliphatic hydroxyl groups is 1. The van der Waals surface area contributed by atoms with Gasteiger partial charge in [0.15, 0.2) is 0 Å². The van der Waals surface area contributed by atoms with Crippen molar-refractivity contribution in [1.82, 2.24) is 0 Å². The van der Waals surface area contributed by atoms with Gasteiger partial charge in [-0.3, -0.25) is 4.79 Å². The van der Waals surface area contributed by atoms with Crippen LogP contribution in [0.15, 0.2) is 0 Å². The quantitative estimate of drug-likeness (QED) is 0.735. The molecule has 2 heteroatoms. The Morgan fingerprint density at radius 1 is 1.14 bits per heavy atom. The summed E-state index contributed by atoms with van der Waals surface area (Å²) >= 11 is 0. The molecule has 2 saturated carbocycles. The van der Waals surface area contributed by atoms with Gasteiger partial charge < -0.3 is 5.11 Å². The van der Waals surface area contributed by atoms with Gasteiger partial charge in [0, 0.05) is 12.3 Å². The molecule has 0 heterocycles. The van der Waals surface area contributed by atoms with Crippen LogP contribution in [-0.4, -0.2) is 17.0 Å². The monoisotopic (exact) mass is 196 g/mol. The number of hydrogen-bond donors (Lipinski definition) is 1. The van der Waals surface area contributed by atoms with Crippen molar-refractivity contribution in [1.29, 1.82) is 0 Å². The minimum absolute atomic E-state index is 0.128. The molecule has 2 aliphatic rings. The summed E-state index contributed by atoms with van der Waals surface area (Å²) in [5, 5.41) is 9.80. The van der Waals surface area contributed by atoms with E-state index in [1.165, 1.54) is 6.42 Å². The number of ketones is 1. The van der Waals surface area contributed by atoms with Gasteiger partial charge >= 0.3 is 0 Å². The van der Waals surface area contributed by atoms with Crippen LogP contribution >= 0.6 is 0 Å². The molecule has 2 nitrogen and oxygen atoms in total. The van der Waals surface area contributed by atoms with Gasteiger partial charge in [-0.05, 0) is 38.0 Å². The van der Waals surface area contributed by atoms with Crippen molar-refractivity contribution in [2.45, 2.75) is 57.5 Å². The molecular weight excluding hydrogens is 176 g/mol. The first-order valence-electron chi connectivity index (χ1n) is 5.98. The summed E-state index contributed by atoms with van der Waals surface area (Å²) in [6.07, 6.45) is 8.24. The minimum Gasteiger partial charge on any atom is -0.393 e. The van der Waals surface area contributed by atoms with Crippen molar-refractivity contribution >= 4 is 5.78 Å². The minimum atomic E-state index is -0.128. The number of rotatable bonds is 2. The molecule has 0 aliphatic heterocycles. The second-order valence-electron chi connectivity index (χ2n) is 4.90. The van der Waals surface area contributed by atoms with E-state index in [0.29, 0.717) is 11.7 Å². The Morgan fingerprint density at radius 3 is 2.57 bits per heavy atom. The summed E-state index contributed by atoms with van der Waals surface area (Å²) in [6.45, 7) is 0. The van der Waals surface area contributed by atoms with E-state index in [1.807, 2.05) is 0 Å². The molecular formula is C12H20O2. The molecule has 0 amide bonds. The highest BCUT2D eigenvalue weighted by atomic mass is 16.3. The molecule has 2 fully saturated rings. The number of Topliss-reactive ketones (excluding diaryl/α,β-unsaturated/α-hetero) is 1. The van der Waals surface area contributed by atoms with Gasteiger partial charge in [-0.15, -0.1) is 0 Å². The van der Waals surface area contributed by atoms with Gasteiger partial charge in [-0.25, -0.2) is 0 Å². The van der Waals surface area contributed by atoms with E-state index in [1.54, 1.807) is 0 Å². The van der Waals surface area contributed by atoms with Crippen LogP contribution in [0.1, 0.15) is 51.4 Å². The first kappa shape index (κ1) is 10.2. The lowest BCUT2D eigenvalue weighted by Gasteiger charge is -2.29. The summed E-state index contributed by atoms with van der Waals surface area (Å²) < 4.78 is 0. The van der Waals surface area contributed by atoms with Crippen LogP contribution in [0, 0.1) is 11.8 Å². The summed E-state index contributed by atoms with van der Waals surface area (Å²) in [5.41, 5.74) is 0. The highest BCUT2D eigenvalue weighted by Gasteiger charge is 2.31. The van der Waals surface area contributed by atoms with E-state index in [0.717, 1.165) is 44.9 Å². The standard InChI is InChI=1S/C12H20O2/c13-11-6-2-1-4-9(11)8-10-5-3-7-12(10)14/h9-11,13H,1-8H2. The van der Waals surface area contributed by atoms with Crippen molar-refractivity contribution < 1.29 is 9.90 Å². The van der Waals surface area contributed by atoms with Crippen molar-refractivity contribution in [2.75, 3.05) is 0 Å². The molecule has 2 aliphatic carbocycles. The van der Waals surface area contributed by atoms with Crippen LogP contribution in [0.3, 0.4) is 0 Å². The SMILES string of the molecule is O=C1CCCC1CC1CCCCC1O. The van der Waals surface area contributed by atoms with Crippen molar-refractivity contribution in [3.8, 4) is 0 Å². The molecule has 2 rings (SSSR count). The van der Waals surface area contributed by atoms with Gasteiger partial charge in [-0.2, -0.15) is 0 Å². The van der Waals surface area contributed by atoms with E-state index in [-0.39, 0.29) is 12.0 Å². The summed E-state index contributed by atoms with van der Waals surface area (Å²) in [7, 11) is 0. The summed E-state index contributed by atoms with van der Waals surface area (Å²) in [5.74, 6) is 1.14. The number of carbonyl (C=O) groups is 1. The van der Waals surface area contributed by atoms with Gasteiger partial charge in [0.25, 0.3) is 0 Å². The topological polar surface area (TPSA) is 37.3 Å². The zero-order valence-corrected chi connectivity index (χ0v) is 8.74. The fourth-order valence-electron chi connectivity index (χ4n) is 2.97. The van der Waals surface area contributed by atoms with Crippen LogP contribution in [0.5, 0.6) is 0 Å². The lowest BCUT2D eigenvalue weighted by atomic mass is 9.80. The van der Waals surface area contributed by atoms with E-state index < -0.39 is 0 Å². The highest BCUT2D eigenvalue weighted by Crippen LogP contribution is 2.34. The second-order valence-corrected chi connectivity index (χ2v) is 4.90. The predicted octanol–water partition coefficient (Wildman–Crippen LogP) is 2.30. The Kier molecular flexibility index (Phi) is 3.22. The van der Waals surface area contributed by atoms with E-state index >= 15 is 0 Å². The van der Waals surface area contributed by atoms with Crippen LogP contribution < -0.4 is 0 Å². The third-order valence-electron chi connectivity index (χ3n) is 3.89. The first-order chi connectivity index (χ1) is 6.77. The molecule has 3 atom stereocenters. The maximum absolute atomic E-state index is 11.5. The van der Waals surface area contributed by atoms with E-state index in [4.69, 9.17) is 0 Å². The largest absolute Gasteiger partial charge is 0.393 e. The molecule has 0 bridgehead atoms. The molecule has 1 N–H and O–H groups in total. The van der Waals surface area contributed by atoms with Gasteiger partial charge in [0.1, 0.15) is 5.78 Å². The number of carbonyl (C=O) groups excluding carboxylic acids is 1. The average Bonchev–Trinajstić information content (AvgIpc) is 2.56. The molecule has 0 aromatic heterocycles. The molecule has 3 unspecified atom stereocenters. The summed E-state index contributed by atoms with van der Waals surface area (Å²) in [4.78, 5) is 11.5. The Balaban J connectivity index is 1.86. The molecule has 0 saturated heterocycles. The van der Waals surface area contributed by atoms with Crippen molar-refractivity contribution in [3.63, 3.8) is 0 Å². The first-order valence-corrected chi connectivity index (χ1v) is 5.98. The van der Waals surface area contributed by atoms with Crippen LogP contribution in [0.4, 0.5) is 0 Å². The Hall–Kier alpha value is -0.370. The van der Waals surface area contributed by atoms with Crippen molar-refractivity contribution in [3.05, 3.63) is 0 Å². The third kappa shape index (κ3) is 2.17. The van der Waals surface area contributed by atoms with Crippen LogP contribution in [0.2, 0.25) is 0 Å². The zero-order chi connectivity index (χ0) is 9.97. The number of hydrogen-bond acceptors (Lipinski definition) is 2. The van der Waals surface area contributed by atoms with Crippen LogP contribution in [-0.2, 0) is 4.79 Å². The Bertz CT molecular complexity index is 212. The average molecular weight is 196 g/mol. The molecule has 14 heavy (non-hydrogen) atoms. The number of aliphatic hydroxyl groups excluding tert-OH is 1. The molecule has 0 radical (unpaired) electrons. The van der Waals surface area contributed by atoms with Gasteiger partial charge in [0.2, 0.25) is 0 Å². The highest BCUT2D eigenvalue weighted by molar-refractivity contribution is 5.82. The molecule has 80 valence electrons. The van der Waals surface area contributed by atoms with E-state index in [2.05, 4.69) is 0 Å². The van der Waals surface area contributed by atoms with Gasteiger partial charge in [0.05, 0.1) is 6.10 Å². The summed E-state index contributed by atoms with van der Waals surface area (Å²) in [6, 6.07) is 0. The second kappa shape index (κ2) is 4.43. The lowest BCUT2D eigenvalue weighted by molar-refractivity contribution is -0.121. The lowest BCUT2D eigenvalue weighted by Crippen LogP contribution is -2.27. The van der Waals surface area contributed by atoms with Crippen LogP contribution in [0.25, 0.3) is 0 Å². The van der Waals surface area contributed by atoms with E-state index in [9.17, 15) is 9.90 Å². The zero-order valence-electron chi connectivity index (χ0n) is 8.74. The maximum Gasteiger partial charge on any atom is 0.135 e. The fraction of sp³-hybridized carbons (Fsp3) is 0.917. The Morgan fingerprint density at radius 2 is 1.93 bits per heavy atom. The predicted molar refractivity (Wildman–Crippen MR) is 54.9 cm³/mol. The maximum atomic E-state index is 11.5. The normalized spacial score (nSPS) is 38.9. The van der Waals surface area contributed by atoms with Crippen molar-refractivity contribution in [2.24, 2.45) is 11.8 Å². The third-order valence-corrected chi connectivity index (χ3v) is 3.89. The fourth-order valence-corrected chi connectivity index (χ4v) is 2.97. The smallest absolute Gasteiger partial charge is 0.135 e. The van der Waals surface area contributed by atoms with Gasteiger partial charge in [-0.1, -0.05) is 12.8 Å². The molecule has 0 spiro atoms. The Labute approximate surface area is 85.7 Å².